The monoisotopic (exact) mass is 213 g/mol. The van der Waals surface area contributed by atoms with E-state index in [1.807, 2.05) is 0 Å². The fourth-order valence-corrected chi connectivity index (χ4v) is 1.96. The summed E-state index contributed by atoms with van der Waals surface area (Å²) in [6.07, 6.45) is 6.16. The molecule has 2 N–H and O–H groups in total. The van der Waals surface area contributed by atoms with Gasteiger partial charge in [0.15, 0.2) is 0 Å². The number of carbonyl (C=O) groups is 2. The molecule has 0 aromatic rings. The number of aliphatic carboxylic acids is 1. The van der Waals surface area contributed by atoms with Crippen LogP contribution >= 0.6 is 0 Å². The fourth-order valence-electron chi connectivity index (χ4n) is 1.96. The predicted molar refractivity (Wildman–Crippen MR) is 56.5 cm³/mol. The van der Waals surface area contributed by atoms with Gasteiger partial charge < -0.3 is 10.4 Å². The number of carbonyl (C=O) groups excluding carboxylic acids is 1. The van der Waals surface area contributed by atoms with Gasteiger partial charge in [0.2, 0.25) is 5.91 Å². The van der Waals surface area contributed by atoms with Crippen LogP contribution in [0.15, 0.2) is 0 Å². The largest absolute Gasteiger partial charge is 0.481 e. The van der Waals surface area contributed by atoms with Crippen molar-refractivity contribution in [2.75, 3.05) is 6.54 Å². The molecule has 0 saturated heterocycles. The second-order valence-electron chi connectivity index (χ2n) is 4.12. The molecule has 0 heterocycles. The van der Waals surface area contributed by atoms with Gasteiger partial charge in [0.25, 0.3) is 0 Å². The first kappa shape index (κ1) is 12.0. The molecule has 1 saturated carbocycles. The van der Waals surface area contributed by atoms with E-state index >= 15 is 0 Å². The van der Waals surface area contributed by atoms with E-state index in [0.29, 0.717) is 13.0 Å². The molecule has 1 amide bonds. The van der Waals surface area contributed by atoms with Gasteiger partial charge >= 0.3 is 5.97 Å². The Morgan fingerprint density at radius 2 is 1.87 bits per heavy atom. The summed E-state index contributed by atoms with van der Waals surface area (Å²) in [6.45, 7) is 0.488. The van der Waals surface area contributed by atoms with E-state index < -0.39 is 5.97 Å². The molecule has 86 valence electrons. The van der Waals surface area contributed by atoms with Crippen molar-refractivity contribution in [2.24, 2.45) is 5.92 Å². The van der Waals surface area contributed by atoms with Gasteiger partial charge in [0.1, 0.15) is 0 Å². The Kier molecular flexibility index (Phi) is 5.15. The minimum atomic E-state index is -0.804. The maximum absolute atomic E-state index is 11.6. The summed E-state index contributed by atoms with van der Waals surface area (Å²) in [5, 5.41) is 11.2. The molecule has 0 unspecified atom stereocenters. The van der Waals surface area contributed by atoms with Crippen molar-refractivity contribution < 1.29 is 14.7 Å². The van der Waals surface area contributed by atoms with Crippen molar-refractivity contribution in [3.8, 4) is 0 Å². The molecule has 0 radical (unpaired) electrons. The molecule has 4 nitrogen and oxygen atoms in total. The maximum Gasteiger partial charge on any atom is 0.303 e. The lowest BCUT2D eigenvalue weighted by Crippen LogP contribution is -2.32. The second kappa shape index (κ2) is 6.43. The number of carboxylic acids is 1. The van der Waals surface area contributed by atoms with Crippen molar-refractivity contribution >= 4 is 11.9 Å². The van der Waals surface area contributed by atoms with Crippen LogP contribution in [-0.4, -0.2) is 23.5 Å². The van der Waals surface area contributed by atoms with Crippen molar-refractivity contribution in [1.82, 2.24) is 5.32 Å². The molecule has 0 spiro atoms. The van der Waals surface area contributed by atoms with Crippen LogP contribution in [-0.2, 0) is 9.59 Å². The minimum Gasteiger partial charge on any atom is -0.481 e. The lowest BCUT2D eigenvalue weighted by atomic mass is 9.89. The van der Waals surface area contributed by atoms with Gasteiger partial charge in [0, 0.05) is 18.9 Å². The standard InChI is InChI=1S/C11H19NO3/c13-10(14)7-4-8-12-11(15)9-5-2-1-3-6-9/h9H,1-8H2,(H,12,15)(H,13,14). The Labute approximate surface area is 90.0 Å². The molecule has 0 aromatic heterocycles. The first-order chi connectivity index (χ1) is 7.20. The summed E-state index contributed by atoms with van der Waals surface area (Å²) in [4.78, 5) is 21.8. The van der Waals surface area contributed by atoms with Crippen LogP contribution in [0.2, 0.25) is 0 Å². The Hall–Kier alpha value is -1.06. The second-order valence-corrected chi connectivity index (χ2v) is 4.12. The molecule has 1 aliphatic carbocycles. The molecule has 0 bridgehead atoms. The van der Waals surface area contributed by atoms with Crippen LogP contribution in [0.5, 0.6) is 0 Å². The number of amides is 1. The van der Waals surface area contributed by atoms with E-state index in [1.54, 1.807) is 0 Å². The number of hydrogen-bond acceptors (Lipinski definition) is 2. The summed E-state index contributed by atoms with van der Waals surface area (Å²) >= 11 is 0. The fraction of sp³-hybridized carbons (Fsp3) is 0.818. The van der Waals surface area contributed by atoms with Crippen molar-refractivity contribution in [2.45, 2.75) is 44.9 Å². The van der Waals surface area contributed by atoms with E-state index in [0.717, 1.165) is 25.7 Å². The third kappa shape index (κ3) is 4.81. The van der Waals surface area contributed by atoms with Crippen molar-refractivity contribution in [3.05, 3.63) is 0 Å². The molecule has 4 heteroatoms. The van der Waals surface area contributed by atoms with Gasteiger partial charge in [-0.1, -0.05) is 19.3 Å². The van der Waals surface area contributed by atoms with Gasteiger partial charge in [0.05, 0.1) is 0 Å². The van der Waals surface area contributed by atoms with Gasteiger partial charge in [-0.15, -0.1) is 0 Å². The van der Waals surface area contributed by atoms with E-state index in [-0.39, 0.29) is 18.2 Å². The van der Waals surface area contributed by atoms with Crippen molar-refractivity contribution in [3.63, 3.8) is 0 Å². The third-order valence-electron chi connectivity index (χ3n) is 2.84. The molecule has 0 aliphatic heterocycles. The number of hydrogen-bond donors (Lipinski definition) is 2. The third-order valence-corrected chi connectivity index (χ3v) is 2.84. The Morgan fingerprint density at radius 3 is 2.47 bits per heavy atom. The predicted octanol–water partition coefficient (Wildman–Crippen LogP) is 1.55. The van der Waals surface area contributed by atoms with Crippen LogP contribution < -0.4 is 5.32 Å². The molecular weight excluding hydrogens is 194 g/mol. The topological polar surface area (TPSA) is 66.4 Å². The zero-order valence-electron chi connectivity index (χ0n) is 9.00. The smallest absolute Gasteiger partial charge is 0.303 e. The Balaban J connectivity index is 2.09. The first-order valence-electron chi connectivity index (χ1n) is 5.69. The summed E-state index contributed by atoms with van der Waals surface area (Å²) in [7, 11) is 0. The lowest BCUT2D eigenvalue weighted by molar-refractivity contribution is -0.137. The van der Waals surface area contributed by atoms with Gasteiger partial charge in [-0.2, -0.15) is 0 Å². The van der Waals surface area contributed by atoms with E-state index in [1.165, 1.54) is 6.42 Å². The number of carboxylic acid groups (broad SMARTS) is 1. The molecule has 1 rings (SSSR count). The van der Waals surface area contributed by atoms with Crippen LogP contribution in [0.4, 0.5) is 0 Å². The highest BCUT2D eigenvalue weighted by molar-refractivity contribution is 5.78. The van der Waals surface area contributed by atoms with E-state index in [4.69, 9.17) is 5.11 Å². The van der Waals surface area contributed by atoms with E-state index in [2.05, 4.69) is 5.32 Å². The molecular formula is C11H19NO3. The normalized spacial score (nSPS) is 17.3. The Morgan fingerprint density at radius 1 is 1.20 bits per heavy atom. The molecule has 15 heavy (non-hydrogen) atoms. The highest BCUT2D eigenvalue weighted by Crippen LogP contribution is 2.23. The Bertz CT molecular complexity index is 222. The number of nitrogens with one attached hydrogen (secondary N) is 1. The van der Waals surface area contributed by atoms with Gasteiger partial charge in [-0.25, -0.2) is 0 Å². The maximum atomic E-state index is 11.6. The molecule has 1 fully saturated rings. The SMILES string of the molecule is O=C(O)CCCNC(=O)C1CCCCC1. The van der Waals surface area contributed by atoms with Crippen LogP contribution in [0.1, 0.15) is 44.9 Å². The van der Waals surface area contributed by atoms with Crippen LogP contribution in [0, 0.1) is 5.92 Å². The van der Waals surface area contributed by atoms with Crippen LogP contribution in [0.25, 0.3) is 0 Å². The molecule has 1 aliphatic rings. The highest BCUT2D eigenvalue weighted by Gasteiger charge is 2.20. The first-order valence-corrected chi connectivity index (χ1v) is 5.69. The highest BCUT2D eigenvalue weighted by atomic mass is 16.4. The summed E-state index contributed by atoms with van der Waals surface area (Å²) in [6, 6.07) is 0. The lowest BCUT2D eigenvalue weighted by Gasteiger charge is -2.20. The van der Waals surface area contributed by atoms with Crippen LogP contribution in [0.3, 0.4) is 0 Å². The zero-order chi connectivity index (χ0) is 11.1. The average molecular weight is 213 g/mol. The van der Waals surface area contributed by atoms with Gasteiger partial charge in [-0.3, -0.25) is 9.59 Å². The quantitative estimate of drug-likeness (QED) is 0.681. The van der Waals surface area contributed by atoms with E-state index in [9.17, 15) is 9.59 Å². The number of rotatable bonds is 5. The zero-order valence-corrected chi connectivity index (χ0v) is 9.00. The molecule has 0 aromatic carbocycles. The van der Waals surface area contributed by atoms with Crippen molar-refractivity contribution in [1.29, 1.82) is 0 Å². The average Bonchev–Trinajstić information content (AvgIpc) is 2.25. The van der Waals surface area contributed by atoms with Gasteiger partial charge in [-0.05, 0) is 19.3 Å². The minimum absolute atomic E-state index is 0.111. The molecule has 0 atom stereocenters. The summed E-state index contributed by atoms with van der Waals surface area (Å²) < 4.78 is 0. The summed E-state index contributed by atoms with van der Waals surface area (Å²) in [5.41, 5.74) is 0. The summed E-state index contributed by atoms with van der Waals surface area (Å²) in [5.74, 6) is -0.523.